The zero-order valence-electron chi connectivity index (χ0n) is 19.1. The molecule has 35 heavy (non-hydrogen) atoms. The lowest BCUT2D eigenvalue weighted by Gasteiger charge is -2.26. The first-order valence-corrected chi connectivity index (χ1v) is 12.9. The fourth-order valence-electron chi connectivity index (χ4n) is 3.61. The number of nitro benzene ring substituents is 1. The van der Waals surface area contributed by atoms with Crippen LogP contribution in [0.25, 0.3) is 11.3 Å². The van der Waals surface area contributed by atoms with Crippen LogP contribution < -0.4 is 14.2 Å². The number of hydrogen-bond donors (Lipinski definition) is 1. The smallest absolute Gasteiger partial charge is 0.270 e. The molecule has 1 saturated heterocycles. The van der Waals surface area contributed by atoms with E-state index in [0.717, 1.165) is 18.0 Å². The highest BCUT2D eigenvalue weighted by atomic mass is 32.2. The number of morpholine rings is 1. The third-order valence-corrected chi connectivity index (χ3v) is 7.81. The molecule has 0 radical (unpaired) electrons. The normalized spacial score (nSPS) is 14.5. The van der Waals surface area contributed by atoms with E-state index in [-0.39, 0.29) is 22.9 Å². The predicted molar refractivity (Wildman–Crippen MR) is 133 cm³/mol. The van der Waals surface area contributed by atoms with Crippen LogP contribution in [0, 0.1) is 10.1 Å². The highest BCUT2D eigenvalue weighted by Gasteiger charge is 2.23. The number of nitrogens with one attached hydrogen (secondary N) is 1. The van der Waals surface area contributed by atoms with E-state index < -0.39 is 14.9 Å². The van der Waals surface area contributed by atoms with Crippen molar-refractivity contribution in [2.45, 2.75) is 11.4 Å². The summed E-state index contributed by atoms with van der Waals surface area (Å²) in [4.78, 5) is 18.3. The summed E-state index contributed by atoms with van der Waals surface area (Å²) in [6.07, 6.45) is 0. The van der Waals surface area contributed by atoms with E-state index in [2.05, 4.69) is 14.6 Å². The first kappa shape index (κ1) is 24.9. The summed E-state index contributed by atoms with van der Waals surface area (Å²) in [5, 5.41) is 11.4. The molecule has 0 aliphatic carbocycles. The number of aromatic nitrogens is 1. The van der Waals surface area contributed by atoms with Crippen molar-refractivity contribution in [1.29, 1.82) is 0 Å². The standard InChI is InChI=1S/C22H24N4O7S2.H2/c1-31-18-7-6-17(13-19(18)32-2)35(29,30)24-22-23-21(15-4-3-5-16(12-15)26(27)28)20(34-22)14-25-8-10-33-11-9-25;/h3-7,12-13H,8-11,14H2,1-2H3,(H,23,24);1H/i;1+1. The SMILES string of the molecule is COc1ccc(S(=O)(=O)Nc2nc(-c3cccc([N+](=O)[O-])c3)c(CN3CCOCC3)s2)cc1OC.[2HH]. The number of rotatable bonds is 9. The van der Waals surface area contributed by atoms with Crippen molar-refractivity contribution in [3.05, 3.63) is 57.5 Å². The second-order valence-corrected chi connectivity index (χ2v) is 10.4. The van der Waals surface area contributed by atoms with Crippen LogP contribution >= 0.6 is 11.3 Å². The van der Waals surface area contributed by atoms with E-state index in [1.54, 1.807) is 12.1 Å². The number of thiazole rings is 1. The minimum Gasteiger partial charge on any atom is -0.493 e. The van der Waals surface area contributed by atoms with E-state index in [0.29, 0.717) is 36.8 Å². The molecule has 1 fully saturated rings. The molecule has 13 heteroatoms. The molecule has 0 saturated carbocycles. The topological polar surface area (TPSA) is 133 Å². The van der Waals surface area contributed by atoms with E-state index >= 15 is 0 Å². The number of nitro groups is 1. The first-order chi connectivity index (χ1) is 16.8. The maximum absolute atomic E-state index is 13.1. The quantitative estimate of drug-likeness (QED) is 0.330. The number of benzene rings is 2. The van der Waals surface area contributed by atoms with E-state index in [1.807, 2.05) is 0 Å². The van der Waals surface area contributed by atoms with Gasteiger partial charge >= 0.3 is 0 Å². The highest BCUT2D eigenvalue weighted by molar-refractivity contribution is 7.93. The lowest BCUT2D eigenvalue weighted by Crippen LogP contribution is -2.35. The Kier molecular flexibility index (Phi) is 7.50. The molecule has 4 rings (SSSR count). The van der Waals surface area contributed by atoms with Crippen molar-refractivity contribution >= 4 is 32.2 Å². The zero-order valence-corrected chi connectivity index (χ0v) is 20.7. The van der Waals surface area contributed by atoms with Crippen molar-refractivity contribution in [3.63, 3.8) is 0 Å². The van der Waals surface area contributed by atoms with Crippen LogP contribution in [0.4, 0.5) is 10.8 Å². The third kappa shape index (κ3) is 5.70. The van der Waals surface area contributed by atoms with E-state index in [1.165, 1.54) is 55.9 Å². The largest absolute Gasteiger partial charge is 0.493 e. The van der Waals surface area contributed by atoms with Gasteiger partial charge in [0, 0.05) is 49.7 Å². The van der Waals surface area contributed by atoms with Crippen LogP contribution in [-0.4, -0.2) is 63.7 Å². The summed E-state index contributed by atoms with van der Waals surface area (Å²) in [6, 6.07) is 10.4. The maximum Gasteiger partial charge on any atom is 0.270 e. The van der Waals surface area contributed by atoms with Crippen LogP contribution in [0.1, 0.15) is 6.30 Å². The van der Waals surface area contributed by atoms with Gasteiger partial charge in [0.15, 0.2) is 16.6 Å². The van der Waals surface area contributed by atoms with Gasteiger partial charge in [0.25, 0.3) is 15.7 Å². The minimum atomic E-state index is -3.99. The predicted octanol–water partition coefficient (Wildman–Crippen LogP) is 3.61. The molecule has 3 aromatic rings. The summed E-state index contributed by atoms with van der Waals surface area (Å²) in [5.41, 5.74) is 0.964. The number of sulfonamides is 1. The Morgan fingerprint density at radius 2 is 1.91 bits per heavy atom. The number of methoxy groups -OCH3 is 2. The Bertz CT molecular complexity index is 1330. The monoisotopic (exact) mass is 523 g/mol. The van der Waals surface area contributed by atoms with Gasteiger partial charge in [-0.25, -0.2) is 13.4 Å². The molecular weight excluding hydrogens is 496 g/mol. The molecule has 11 nitrogen and oxygen atoms in total. The molecular formula is C22H26N4O7S2. The van der Waals surface area contributed by atoms with Gasteiger partial charge in [-0.3, -0.25) is 19.7 Å². The molecule has 0 atom stereocenters. The number of nitrogens with zero attached hydrogens (tertiary/aromatic N) is 3. The van der Waals surface area contributed by atoms with Crippen molar-refractivity contribution in [1.82, 2.24) is 9.88 Å². The van der Waals surface area contributed by atoms with Gasteiger partial charge in [0.2, 0.25) is 0 Å². The van der Waals surface area contributed by atoms with E-state index in [4.69, 9.17) is 14.2 Å². The van der Waals surface area contributed by atoms with Crippen LogP contribution in [0.2, 0.25) is 0 Å². The van der Waals surface area contributed by atoms with Gasteiger partial charge in [-0.05, 0) is 12.1 Å². The molecule has 1 aromatic heterocycles. The second kappa shape index (κ2) is 10.6. The number of hydrogen-bond acceptors (Lipinski definition) is 10. The molecule has 2 heterocycles. The summed E-state index contributed by atoms with van der Waals surface area (Å²) >= 11 is 1.19. The third-order valence-electron chi connectivity index (χ3n) is 5.39. The minimum absolute atomic E-state index is 0. The Labute approximate surface area is 208 Å². The Hall–Kier alpha value is -3.26. The Balaban J connectivity index is 0.00000361. The zero-order chi connectivity index (χ0) is 25.0. The molecule has 188 valence electrons. The van der Waals surface area contributed by atoms with Gasteiger partial charge in [-0.15, -0.1) is 0 Å². The number of non-ortho nitro benzene ring substituents is 1. The summed E-state index contributed by atoms with van der Waals surface area (Å²) in [6.45, 7) is 3.16. The lowest BCUT2D eigenvalue weighted by atomic mass is 10.1. The van der Waals surface area contributed by atoms with Gasteiger partial charge in [-0.1, -0.05) is 23.5 Å². The molecule has 0 unspecified atom stereocenters. The summed E-state index contributed by atoms with van der Waals surface area (Å²) < 4.78 is 44.5. The summed E-state index contributed by atoms with van der Waals surface area (Å²) in [5.74, 6) is 0.682. The molecule has 1 aliphatic heterocycles. The molecule has 2 aromatic carbocycles. The molecule has 0 bridgehead atoms. The van der Waals surface area contributed by atoms with Gasteiger partial charge in [-0.2, -0.15) is 0 Å². The van der Waals surface area contributed by atoms with Gasteiger partial charge in [0.1, 0.15) is 0 Å². The van der Waals surface area contributed by atoms with Crippen molar-refractivity contribution in [3.8, 4) is 22.8 Å². The van der Waals surface area contributed by atoms with Crippen LogP contribution in [0.5, 0.6) is 11.5 Å². The molecule has 1 aliphatic rings. The number of ether oxygens (including phenoxy) is 3. The molecule has 0 amide bonds. The first-order valence-electron chi connectivity index (χ1n) is 10.6. The number of anilines is 1. The van der Waals surface area contributed by atoms with Crippen molar-refractivity contribution in [2.24, 2.45) is 0 Å². The summed E-state index contributed by atoms with van der Waals surface area (Å²) in [7, 11) is -1.10. The fourth-order valence-corrected chi connectivity index (χ4v) is 5.89. The van der Waals surface area contributed by atoms with E-state index in [9.17, 15) is 18.5 Å². The van der Waals surface area contributed by atoms with Gasteiger partial charge < -0.3 is 14.2 Å². The molecule has 0 spiro atoms. The fraction of sp³-hybridized carbons (Fsp3) is 0.318. The maximum atomic E-state index is 13.1. The molecule has 1 N–H and O–H groups in total. The van der Waals surface area contributed by atoms with Crippen LogP contribution in [0.3, 0.4) is 0 Å². The highest BCUT2D eigenvalue weighted by Crippen LogP contribution is 2.36. The second-order valence-electron chi connectivity index (χ2n) is 7.61. The lowest BCUT2D eigenvalue weighted by molar-refractivity contribution is -0.384. The van der Waals surface area contributed by atoms with Crippen molar-refractivity contribution < 1.29 is 29.0 Å². The van der Waals surface area contributed by atoms with Crippen LogP contribution in [0.15, 0.2) is 47.4 Å². The van der Waals surface area contributed by atoms with Crippen molar-refractivity contribution in [2.75, 3.05) is 45.2 Å². The average molecular weight is 524 g/mol. The van der Waals surface area contributed by atoms with Crippen LogP contribution in [-0.2, 0) is 21.3 Å². The van der Waals surface area contributed by atoms with Gasteiger partial charge in [0.05, 0.1) is 42.9 Å². The Morgan fingerprint density at radius 1 is 1.17 bits per heavy atom. The average Bonchev–Trinajstić information content (AvgIpc) is 3.25. The Morgan fingerprint density at radius 3 is 2.60 bits per heavy atom.